The lowest BCUT2D eigenvalue weighted by molar-refractivity contribution is -0.140. The number of aryl methyl sites for hydroxylation is 1. The topological polar surface area (TPSA) is 57.2 Å². The number of ether oxygens (including phenoxy) is 1. The number of anilines is 1. The third kappa shape index (κ3) is 4.02. The number of hydrogen-bond acceptors (Lipinski definition) is 5. The second kappa shape index (κ2) is 8.30. The van der Waals surface area contributed by atoms with E-state index < -0.39 is 0 Å². The number of nitrogens with zero attached hydrogens (tertiary/aromatic N) is 3. The van der Waals surface area contributed by atoms with Crippen LogP contribution in [0.1, 0.15) is 30.0 Å². The van der Waals surface area contributed by atoms with Gasteiger partial charge in [-0.25, -0.2) is 4.39 Å². The van der Waals surface area contributed by atoms with Gasteiger partial charge in [0.1, 0.15) is 30.0 Å². The molecule has 3 aliphatic heterocycles. The van der Waals surface area contributed by atoms with E-state index in [4.69, 9.17) is 9.73 Å². The SMILES string of the molecule is Cc1ccc(NC2C(c3ccc(F)cc3)N=C3CN(C(=O)[C@H]4CCCO4)CCN32)cc1. The molecule has 162 valence electrons. The summed E-state index contributed by atoms with van der Waals surface area (Å²) in [5.41, 5.74) is 3.16. The Kier molecular flexibility index (Phi) is 5.36. The number of benzene rings is 2. The van der Waals surface area contributed by atoms with Gasteiger partial charge in [-0.2, -0.15) is 0 Å². The summed E-state index contributed by atoms with van der Waals surface area (Å²) in [5, 5.41) is 3.62. The predicted molar refractivity (Wildman–Crippen MR) is 117 cm³/mol. The highest BCUT2D eigenvalue weighted by molar-refractivity contribution is 5.92. The summed E-state index contributed by atoms with van der Waals surface area (Å²) in [7, 11) is 0. The number of nitrogens with one attached hydrogen (secondary N) is 1. The first-order valence-electron chi connectivity index (χ1n) is 10.9. The molecule has 0 aromatic heterocycles. The Morgan fingerprint density at radius 1 is 1.13 bits per heavy atom. The molecule has 2 aromatic rings. The summed E-state index contributed by atoms with van der Waals surface area (Å²) in [6, 6.07) is 14.6. The summed E-state index contributed by atoms with van der Waals surface area (Å²) >= 11 is 0. The number of rotatable bonds is 4. The van der Waals surface area contributed by atoms with Gasteiger partial charge >= 0.3 is 0 Å². The van der Waals surface area contributed by atoms with E-state index in [-0.39, 0.29) is 30.0 Å². The van der Waals surface area contributed by atoms with Crippen LogP contribution in [0.5, 0.6) is 0 Å². The van der Waals surface area contributed by atoms with Crippen LogP contribution in [0.25, 0.3) is 0 Å². The molecule has 31 heavy (non-hydrogen) atoms. The smallest absolute Gasteiger partial charge is 0.252 e. The Morgan fingerprint density at radius 2 is 1.90 bits per heavy atom. The number of carbonyl (C=O) groups is 1. The van der Waals surface area contributed by atoms with Crippen LogP contribution in [0.15, 0.2) is 53.5 Å². The van der Waals surface area contributed by atoms with Gasteiger partial charge in [-0.05, 0) is 49.6 Å². The molecule has 1 N–H and O–H groups in total. The van der Waals surface area contributed by atoms with E-state index in [0.29, 0.717) is 26.2 Å². The fraction of sp³-hybridized carbons (Fsp3) is 0.417. The van der Waals surface area contributed by atoms with Crippen LogP contribution in [0.2, 0.25) is 0 Å². The number of fused-ring (bicyclic) bond motifs is 1. The van der Waals surface area contributed by atoms with Crippen LogP contribution in [0.4, 0.5) is 10.1 Å². The molecule has 0 aliphatic carbocycles. The van der Waals surface area contributed by atoms with Crippen molar-refractivity contribution >= 4 is 17.4 Å². The van der Waals surface area contributed by atoms with E-state index in [9.17, 15) is 9.18 Å². The zero-order valence-corrected chi connectivity index (χ0v) is 17.6. The van der Waals surface area contributed by atoms with Gasteiger partial charge in [-0.3, -0.25) is 9.79 Å². The number of hydrogen-bond donors (Lipinski definition) is 1. The van der Waals surface area contributed by atoms with Crippen molar-refractivity contribution in [3.63, 3.8) is 0 Å². The quantitative estimate of drug-likeness (QED) is 0.821. The van der Waals surface area contributed by atoms with Gasteiger partial charge < -0.3 is 19.9 Å². The Morgan fingerprint density at radius 3 is 2.61 bits per heavy atom. The van der Waals surface area contributed by atoms with E-state index >= 15 is 0 Å². The van der Waals surface area contributed by atoms with Gasteiger partial charge in [-0.1, -0.05) is 29.8 Å². The average molecular weight is 423 g/mol. The molecule has 0 spiro atoms. The summed E-state index contributed by atoms with van der Waals surface area (Å²) in [5.74, 6) is 0.688. The lowest BCUT2D eigenvalue weighted by Gasteiger charge is -2.39. The molecule has 6 nitrogen and oxygen atoms in total. The standard InChI is InChI=1S/C24H27FN4O2/c1-16-4-10-19(11-5-16)26-23-22(17-6-8-18(25)9-7-17)27-21-15-28(12-13-29(21)23)24(30)20-3-2-14-31-20/h4-11,20,22-23,26H,2-3,12-15H2,1H3/t20-,22?,23?/m1/s1. The van der Waals surface area contributed by atoms with Crippen LogP contribution in [0.3, 0.4) is 0 Å². The Hall–Kier alpha value is -2.93. The van der Waals surface area contributed by atoms with Crippen LogP contribution in [-0.4, -0.2) is 60.1 Å². The van der Waals surface area contributed by atoms with Crippen molar-refractivity contribution < 1.29 is 13.9 Å². The molecule has 3 heterocycles. The molecule has 2 aromatic carbocycles. The lowest BCUT2D eigenvalue weighted by atomic mass is 10.0. The number of amidine groups is 1. The molecule has 1 amide bonds. The molecule has 3 aliphatic rings. The third-order valence-electron chi connectivity index (χ3n) is 6.29. The molecule has 0 saturated carbocycles. The number of aliphatic imine (C=N–C) groups is 1. The number of piperazine rings is 1. The van der Waals surface area contributed by atoms with Crippen LogP contribution in [0, 0.1) is 12.7 Å². The summed E-state index contributed by atoms with van der Waals surface area (Å²) < 4.78 is 19.1. The Bertz CT molecular complexity index is 970. The Balaban J connectivity index is 1.40. The van der Waals surface area contributed by atoms with Gasteiger partial charge in [0.25, 0.3) is 5.91 Å². The van der Waals surface area contributed by atoms with Crippen molar-refractivity contribution in [3.05, 3.63) is 65.5 Å². The van der Waals surface area contributed by atoms with Gasteiger partial charge in [0.15, 0.2) is 0 Å². The molecule has 3 atom stereocenters. The molecule has 2 fully saturated rings. The fourth-order valence-corrected chi connectivity index (χ4v) is 4.57. The van der Waals surface area contributed by atoms with E-state index in [2.05, 4.69) is 41.4 Å². The van der Waals surface area contributed by atoms with E-state index in [1.807, 2.05) is 4.90 Å². The molecule has 2 unspecified atom stereocenters. The average Bonchev–Trinajstić information content (AvgIpc) is 3.44. The maximum Gasteiger partial charge on any atom is 0.252 e. The number of halogens is 1. The van der Waals surface area contributed by atoms with Gasteiger partial charge in [0, 0.05) is 25.4 Å². The van der Waals surface area contributed by atoms with Crippen molar-refractivity contribution in [1.29, 1.82) is 0 Å². The molecular weight excluding hydrogens is 395 g/mol. The van der Waals surface area contributed by atoms with Crippen molar-refractivity contribution in [2.75, 3.05) is 31.6 Å². The van der Waals surface area contributed by atoms with E-state index in [1.54, 1.807) is 12.1 Å². The highest BCUT2D eigenvalue weighted by atomic mass is 19.1. The molecule has 0 bridgehead atoms. The maximum absolute atomic E-state index is 13.5. The second-order valence-corrected chi connectivity index (χ2v) is 8.45. The van der Waals surface area contributed by atoms with Crippen molar-refractivity contribution in [1.82, 2.24) is 9.80 Å². The molecular formula is C24H27FN4O2. The van der Waals surface area contributed by atoms with E-state index in [0.717, 1.165) is 29.9 Å². The minimum atomic E-state index is -0.317. The van der Waals surface area contributed by atoms with Crippen LogP contribution < -0.4 is 5.32 Å². The van der Waals surface area contributed by atoms with Crippen LogP contribution in [-0.2, 0) is 9.53 Å². The first-order chi connectivity index (χ1) is 15.1. The monoisotopic (exact) mass is 422 g/mol. The molecule has 5 rings (SSSR count). The van der Waals surface area contributed by atoms with E-state index in [1.165, 1.54) is 17.7 Å². The van der Waals surface area contributed by atoms with Crippen molar-refractivity contribution in [2.24, 2.45) is 4.99 Å². The molecule has 0 radical (unpaired) electrons. The fourth-order valence-electron chi connectivity index (χ4n) is 4.57. The summed E-state index contributed by atoms with van der Waals surface area (Å²) in [6.07, 6.45) is 1.32. The predicted octanol–water partition coefficient (Wildman–Crippen LogP) is 3.35. The maximum atomic E-state index is 13.5. The lowest BCUT2D eigenvalue weighted by Crippen LogP contribution is -2.56. The van der Waals surface area contributed by atoms with Gasteiger partial charge in [0.2, 0.25) is 0 Å². The Labute approximate surface area is 181 Å². The summed E-state index contributed by atoms with van der Waals surface area (Å²) in [4.78, 5) is 21.9. The van der Waals surface area contributed by atoms with Crippen molar-refractivity contribution in [3.8, 4) is 0 Å². The third-order valence-corrected chi connectivity index (χ3v) is 6.29. The zero-order valence-electron chi connectivity index (χ0n) is 17.6. The number of amides is 1. The normalized spacial score (nSPS) is 25.4. The van der Waals surface area contributed by atoms with Gasteiger partial charge in [0.05, 0.1) is 6.54 Å². The largest absolute Gasteiger partial charge is 0.368 e. The van der Waals surface area contributed by atoms with Gasteiger partial charge in [-0.15, -0.1) is 0 Å². The second-order valence-electron chi connectivity index (χ2n) is 8.45. The summed E-state index contributed by atoms with van der Waals surface area (Å²) in [6.45, 7) is 4.53. The minimum absolute atomic E-state index is 0.0631. The zero-order chi connectivity index (χ0) is 21.4. The first-order valence-corrected chi connectivity index (χ1v) is 10.9. The molecule has 7 heteroatoms. The highest BCUT2D eigenvalue weighted by Crippen LogP contribution is 2.34. The first kappa shape index (κ1) is 20.0. The highest BCUT2D eigenvalue weighted by Gasteiger charge is 2.41. The minimum Gasteiger partial charge on any atom is -0.368 e. The van der Waals surface area contributed by atoms with Crippen molar-refractivity contribution in [2.45, 2.75) is 38.1 Å². The molecule has 2 saturated heterocycles. The van der Waals surface area contributed by atoms with Crippen LogP contribution >= 0.6 is 0 Å². The number of carbonyl (C=O) groups excluding carboxylic acids is 1.